The first-order valence-electron chi connectivity index (χ1n) is 4.81. The van der Waals surface area contributed by atoms with Gasteiger partial charge in [-0.15, -0.1) is 0 Å². The van der Waals surface area contributed by atoms with Crippen molar-refractivity contribution in [1.29, 1.82) is 0 Å². The highest BCUT2D eigenvalue weighted by Gasteiger charge is 2.31. The van der Waals surface area contributed by atoms with Gasteiger partial charge in [0, 0.05) is 16.6 Å². The van der Waals surface area contributed by atoms with Gasteiger partial charge in [0.25, 0.3) is 0 Å². The number of ether oxygens (including phenoxy) is 1. The van der Waals surface area contributed by atoms with Crippen LogP contribution >= 0.6 is 11.6 Å². The van der Waals surface area contributed by atoms with Gasteiger partial charge in [-0.25, -0.2) is 0 Å². The van der Waals surface area contributed by atoms with Crippen molar-refractivity contribution in [2.75, 3.05) is 7.11 Å². The summed E-state index contributed by atoms with van der Waals surface area (Å²) in [5.74, 6) is 1.45. The lowest BCUT2D eigenvalue weighted by atomic mass is 10.0. The molecule has 2 nitrogen and oxygen atoms in total. The van der Waals surface area contributed by atoms with Crippen molar-refractivity contribution in [3.63, 3.8) is 0 Å². The summed E-state index contributed by atoms with van der Waals surface area (Å²) in [7, 11) is 1.66. The van der Waals surface area contributed by atoms with E-state index < -0.39 is 0 Å². The van der Waals surface area contributed by atoms with Gasteiger partial charge >= 0.3 is 0 Å². The average molecular weight is 212 g/mol. The quantitative estimate of drug-likeness (QED) is 0.835. The van der Waals surface area contributed by atoms with Crippen LogP contribution in [-0.4, -0.2) is 7.11 Å². The van der Waals surface area contributed by atoms with Crippen LogP contribution in [0.25, 0.3) is 0 Å². The SMILES string of the molecule is COc1ccc(Cl)cc1[C@@H](N)C1CC1. The second-order valence-electron chi connectivity index (χ2n) is 3.75. The monoisotopic (exact) mass is 211 g/mol. The van der Waals surface area contributed by atoms with E-state index in [2.05, 4.69) is 0 Å². The van der Waals surface area contributed by atoms with Gasteiger partial charge in [0.05, 0.1) is 7.11 Å². The van der Waals surface area contributed by atoms with Gasteiger partial charge in [-0.1, -0.05) is 11.6 Å². The Morgan fingerprint density at radius 3 is 2.79 bits per heavy atom. The maximum absolute atomic E-state index is 6.11. The van der Waals surface area contributed by atoms with Gasteiger partial charge < -0.3 is 10.5 Å². The van der Waals surface area contributed by atoms with Gasteiger partial charge in [0.1, 0.15) is 5.75 Å². The lowest BCUT2D eigenvalue weighted by Crippen LogP contribution is -2.13. The van der Waals surface area contributed by atoms with E-state index in [4.69, 9.17) is 22.1 Å². The molecule has 1 saturated carbocycles. The normalized spacial score (nSPS) is 17.9. The molecule has 3 heteroatoms. The summed E-state index contributed by atoms with van der Waals surface area (Å²) in [5, 5.41) is 0.719. The molecule has 1 fully saturated rings. The number of hydrogen-bond donors (Lipinski definition) is 1. The molecule has 0 heterocycles. The van der Waals surface area contributed by atoms with Crippen LogP contribution in [0.1, 0.15) is 24.4 Å². The van der Waals surface area contributed by atoms with Crippen molar-refractivity contribution in [2.24, 2.45) is 11.7 Å². The molecule has 0 saturated heterocycles. The van der Waals surface area contributed by atoms with E-state index in [1.54, 1.807) is 7.11 Å². The molecule has 0 aromatic heterocycles. The zero-order valence-electron chi connectivity index (χ0n) is 8.16. The van der Waals surface area contributed by atoms with Crippen LogP contribution in [0.4, 0.5) is 0 Å². The third-order valence-corrected chi connectivity index (χ3v) is 2.92. The second-order valence-corrected chi connectivity index (χ2v) is 4.19. The third kappa shape index (κ3) is 1.86. The summed E-state index contributed by atoms with van der Waals surface area (Å²) in [4.78, 5) is 0. The fraction of sp³-hybridized carbons (Fsp3) is 0.455. The second kappa shape index (κ2) is 3.79. The Kier molecular flexibility index (Phi) is 2.66. The van der Waals surface area contributed by atoms with E-state index in [1.807, 2.05) is 18.2 Å². The number of hydrogen-bond acceptors (Lipinski definition) is 2. The van der Waals surface area contributed by atoms with Crippen LogP contribution in [0.2, 0.25) is 5.02 Å². The third-order valence-electron chi connectivity index (χ3n) is 2.68. The Hall–Kier alpha value is -0.730. The number of nitrogens with two attached hydrogens (primary N) is 1. The summed E-state index contributed by atoms with van der Waals surface area (Å²) in [6.07, 6.45) is 2.44. The van der Waals surface area contributed by atoms with Crippen molar-refractivity contribution < 1.29 is 4.74 Å². The summed E-state index contributed by atoms with van der Waals surface area (Å²) in [5.41, 5.74) is 7.14. The molecule has 0 radical (unpaired) electrons. The predicted octanol–water partition coefficient (Wildman–Crippen LogP) is 2.76. The van der Waals surface area contributed by atoms with E-state index in [9.17, 15) is 0 Å². The topological polar surface area (TPSA) is 35.2 Å². The van der Waals surface area contributed by atoms with Gasteiger partial charge in [-0.2, -0.15) is 0 Å². The van der Waals surface area contributed by atoms with Crippen LogP contribution in [0.5, 0.6) is 5.75 Å². The first-order chi connectivity index (χ1) is 6.72. The van der Waals surface area contributed by atoms with E-state index in [1.165, 1.54) is 12.8 Å². The minimum atomic E-state index is 0.0728. The molecule has 2 rings (SSSR count). The Balaban J connectivity index is 2.32. The molecule has 0 aliphatic heterocycles. The van der Waals surface area contributed by atoms with Crippen molar-refractivity contribution in [2.45, 2.75) is 18.9 Å². The van der Waals surface area contributed by atoms with Gasteiger partial charge in [-0.05, 0) is 37.0 Å². The first-order valence-corrected chi connectivity index (χ1v) is 5.19. The smallest absolute Gasteiger partial charge is 0.123 e. The summed E-state index contributed by atoms with van der Waals surface area (Å²) in [6, 6.07) is 5.68. The van der Waals surface area contributed by atoms with Crippen LogP contribution < -0.4 is 10.5 Å². The molecule has 1 aromatic carbocycles. The van der Waals surface area contributed by atoms with Crippen molar-refractivity contribution in [1.82, 2.24) is 0 Å². The largest absolute Gasteiger partial charge is 0.496 e. The fourth-order valence-corrected chi connectivity index (χ4v) is 1.86. The van der Waals surface area contributed by atoms with Crippen LogP contribution in [0.15, 0.2) is 18.2 Å². The van der Waals surface area contributed by atoms with Crippen molar-refractivity contribution in [3.8, 4) is 5.75 Å². The minimum absolute atomic E-state index is 0.0728. The van der Waals surface area contributed by atoms with Crippen molar-refractivity contribution >= 4 is 11.6 Å². The molecule has 14 heavy (non-hydrogen) atoms. The van der Waals surface area contributed by atoms with Crippen molar-refractivity contribution in [3.05, 3.63) is 28.8 Å². The van der Waals surface area contributed by atoms with Crippen LogP contribution in [-0.2, 0) is 0 Å². The lowest BCUT2D eigenvalue weighted by molar-refractivity contribution is 0.403. The maximum atomic E-state index is 6.11. The van der Waals surface area contributed by atoms with Gasteiger partial charge in [0.15, 0.2) is 0 Å². The first kappa shape index (κ1) is 9.81. The van der Waals surface area contributed by atoms with E-state index >= 15 is 0 Å². The molecule has 0 spiro atoms. The highest BCUT2D eigenvalue weighted by atomic mass is 35.5. The highest BCUT2D eigenvalue weighted by molar-refractivity contribution is 6.30. The number of halogens is 1. The number of methoxy groups -OCH3 is 1. The molecule has 76 valence electrons. The molecule has 0 unspecified atom stereocenters. The Morgan fingerprint density at radius 1 is 1.50 bits per heavy atom. The van der Waals surface area contributed by atoms with Crippen LogP contribution in [0.3, 0.4) is 0 Å². The highest BCUT2D eigenvalue weighted by Crippen LogP contribution is 2.42. The Morgan fingerprint density at radius 2 is 2.21 bits per heavy atom. The Bertz CT molecular complexity index is 336. The molecule has 0 amide bonds. The fourth-order valence-electron chi connectivity index (χ4n) is 1.67. The summed E-state index contributed by atoms with van der Waals surface area (Å²) < 4.78 is 5.26. The van der Waals surface area contributed by atoms with Crippen LogP contribution in [0, 0.1) is 5.92 Å². The molecule has 2 N–H and O–H groups in total. The lowest BCUT2D eigenvalue weighted by Gasteiger charge is -2.15. The van der Waals surface area contributed by atoms with Gasteiger partial charge in [-0.3, -0.25) is 0 Å². The molecular weight excluding hydrogens is 198 g/mol. The standard InChI is InChI=1S/C11H14ClNO/c1-14-10-5-4-8(12)6-9(10)11(13)7-2-3-7/h4-7,11H,2-3,13H2,1H3/t11-/m0/s1. The summed E-state index contributed by atoms with van der Waals surface area (Å²) >= 11 is 5.93. The number of rotatable bonds is 3. The average Bonchev–Trinajstić information content (AvgIpc) is 3.00. The molecular formula is C11H14ClNO. The van der Waals surface area contributed by atoms with E-state index in [0.29, 0.717) is 5.92 Å². The Labute approximate surface area is 89.0 Å². The predicted molar refractivity (Wildman–Crippen MR) is 57.7 cm³/mol. The minimum Gasteiger partial charge on any atom is -0.496 e. The van der Waals surface area contributed by atoms with E-state index in [0.717, 1.165) is 16.3 Å². The summed E-state index contributed by atoms with van der Waals surface area (Å²) in [6.45, 7) is 0. The molecule has 1 aliphatic rings. The van der Waals surface area contributed by atoms with Gasteiger partial charge in [0.2, 0.25) is 0 Å². The zero-order valence-corrected chi connectivity index (χ0v) is 8.92. The molecule has 1 atom stereocenters. The van der Waals surface area contributed by atoms with E-state index in [-0.39, 0.29) is 6.04 Å². The maximum Gasteiger partial charge on any atom is 0.123 e. The molecule has 0 bridgehead atoms. The zero-order chi connectivity index (χ0) is 10.1. The molecule has 1 aliphatic carbocycles. The number of benzene rings is 1. The molecule has 1 aromatic rings.